The number of alkyl halides is 1. The summed E-state index contributed by atoms with van der Waals surface area (Å²) in [6.45, 7) is 5.33. The van der Waals surface area contributed by atoms with Crippen molar-refractivity contribution in [2.45, 2.75) is 69.4 Å². The highest BCUT2D eigenvalue weighted by Gasteiger charge is 2.30. The molecule has 0 aromatic carbocycles. The van der Waals surface area contributed by atoms with E-state index in [1.54, 1.807) is 20.8 Å². The van der Waals surface area contributed by atoms with Crippen LogP contribution in [-0.2, 0) is 9.84 Å². The zero-order valence-corrected chi connectivity index (χ0v) is 12.8. The van der Waals surface area contributed by atoms with Gasteiger partial charge in [0.15, 0.2) is 9.84 Å². The van der Waals surface area contributed by atoms with Crippen molar-refractivity contribution in [2.24, 2.45) is 5.92 Å². The maximum absolute atomic E-state index is 12.0. The van der Waals surface area contributed by atoms with Crippen LogP contribution in [0.5, 0.6) is 0 Å². The predicted molar refractivity (Wildman–Crippen MR) is 74.4 cm³/mol. The van der Waals surface area contributed by atoms with E-state index in [1.165, 1.54) is 12.8 Å². The van der Waals surface area contributed by atoms with Gasteiger partial charge in [-0.25, -0.2) is 8.42 Å². The van der Waals surface area contributed by atoms with Gasteiger partial charge in [0.05, 0.1) is 10.5 Å². The summed E-state index contributed by atoms with van der Waals surface area (Å²) < 4.78 is 23.4. The number of halogens is 1. The molecule has 2 atom stereocenters. The standard InChI is InChI=1S/C13H25ClO2S/c1-13(2,3)17(15,16)9-8-11-6-4-5-7-12(14)10-11/h11-12H,4-10H2,1-3H3. The molecule has 0 aromatic heterocycles. The monoisotopic (exact) mass is 280 g/mol. The van der Waals surface area contributed by atoms with E-state index in [9.17, 15) is 8.42 Å². The molecule has 0 heterocycles. The molecule has 1 aliphatic carbocycles. The summed E-state index contributed by atoms with van der Waals surface area (Å²) in [5.74, 6) is 0.808. The van der Waals surface area contributed by atoms with Crippen molar-refractivity contribution >= 4 is 21.4 Å². The number of hydrogen-bond donors (Lipinski definition) is 0. The molecule has 17 heavy (non-hydrogen) atoms. The molecule has 0 saturated heterocycles. The Morgan fingerprint density at radius 3 is 2.35 bits per heavy atom. The van der Waals surface area contributed by atoms with Gasteiger partial charge in [0, 0.05) is 5.38 Å². The second kappa shape index (κ2) is 5.92. The topological polar surface area (TPSA) is 34.1 Å². The molecule has 4 heteroatoms. The van der Waals surface area contributed by atoms with Gasteiger partial charge in [0.25, 0.3) is 0 Å². The lowest BCUT2D eigenvalue weighted by molar-refractivity contribution is 0.444. The molecule has 2 nitrogen and oxygen atoms in total. The van der Waals surface area contributed by atoms with E-state index < -0.39 is 14.6 Å². The van der Waals surface area contributed by atoms with Crippen LogP contribution in [0.3, 0.4) is 0 Å². The van der Waals surface area contributed by atoms with E-state index in [0.717, 1.165) is 25.7 Å². The molecular formula is C13H25ClO2S. The van der Waals surface area contributed by atoms with E-state index in [0.29, 0.717) is 11.7 Å². The Hall–Kier alpha value is 0.240. The van der Waals surface area contributed by atoms with Crippen LogP contribution in [-0.4, -0.2) is 24.3 Å². The van der Waals surface area contributed by atoms with Crippen LogP contribution >= 0.6 is 11.6 Å². The van der Waals surface area contributed by atoms with Gasteiger partial charge >= 0.3 is 0 Å². The molecule has 0 bridgehead atoms. The molecule has 1 fully saturated rings. The Kier molecular flexibility index (Phi) is 5.33. The van der Waals surface area contributed by atoms with Gasteiger partial charge in [-0.3, -0.25) is 0 Å². The van der Waals surface area contributed by atoms with Crippen molar-refractivity contribution in [3.05, 3.63) is 0 Å². The summed E-state index contributed by atoms with van der Waals surface area (Å²) in [5.41, 5.74) is 0. The lowest BCUT2D eigenvalue weighted by Crippen LogP contribution is -2.31. The Labute approximate surface area is 111 Å². The lowest BCUT2D eigenvalue weighted by Gasteiger charge is -2.22. The van der Waals surface area contributed by atoms with E-state index in [4.69, 9.17) is 11.6 Å². The summed E-state index contributed by atoms with van der Waals surface area (Å²) >= 11 is 6.21. The fourth-order valence-electron chi connectivity index (χ4n) is 2.29. The maximum atomic E-state index is 12.0. The molecule has 0 spiro atoms. The summed E-state index contributed by atoms with van der Waals surface area (Å²) in [4.78, 5) is 0. The predicted octanol–water partition coefficient (Wildman–Crippen LogP) is 3.78. The van der Waals surface area contributed by atoms with Crippen molar-refractivity contribution < 1.29 is 8.42 Å². The number of sulfone groups is 1. The number of hydrogen-bond acceptors (Lipinski definition) is 2. The Balaban J connectivity index is 2.50. The highest BCUT2D eigenvalue weighted by atomic mass is 35.5. The van der Waals surface area contributed by atoms with Crippen LogP contribution in [0.1, 0.15) is 59.3 Å². The minimum absolute atomic E-state index is 0.250. The second-order valence-corrected chi connectivity index (χ2v) is 9.68. The Morgan fingerprint density at radius 1 is 1.18 bits per heavy atom. The molecule has 1 rings (SSSR count). The van der Waals surface area contributed by atoms with Crippen molar-refractivity contribution in [3.63, 3.8) is 0 Å². The fraction of sp³-hybridized carbons (Fsp3) is 1.00. The van der Waals surface area contributed by atoms with E-state index in [2.05, 4.69) is 0 Å². The Bertz CT molecular complexity index is 330. The SMILES string of the molecule is CC(C)(C)S(=O)(=O)CCC1CCCCC(Cl)C1. The fourth-order valence-corrected chi connectivity index (χ4v) is 3.95. The zero-order valence-electron chi connectivity index (χ0n) is 11.2. The van der Waals surface area contributed by atoms with Crippen molar-refractivity contribution in [3.8, 4) is 0 Å². The molecule has 1 saturated carbocycles. The van der Waals surface area contributed by atoms with Crippen LogP contribution in [0.15, 0.2) is 0 Å². The third kappa shape index (κ3) is 4.78. The zero-order chi connectivity index (χ0) is 13.1. The van der Waals surface area contributed by atoms with E-state index in [-0.39, 0.29) is 5.38 Å². The molecular weight excluding hydrogens is 256 g/mol. The van der Waals surface area contributed by atoms with Gasteiger partial charge in [0.1, 0.15) is 0 Å². The van der Waals surface area contributed by atoms with Crippen LogP contribution in [0.25, 0.3) is 0 Å². The molecule has 0 radical (unpaired) electrons. The molecule has 102 valence electrons. The van der Waals surface area contributed by atoms with Crippen LogP contribution in [0.2, 0.25) is 0 Å². The average Bonchev–Trinajstić information content (AvgIpc) is 2.38. The summed E-state index contributed by atoms with van der Waals surface area (Å²) in [6, 6.07) is 0. The van der Waals surface area contributed by atoms with Crippen molar-refractivity contribution in [1.82, 2.24) is 0 Å². The van der Waals surface area contributed by atoms with Crippen LogP contribution in [0.4, 0.5) is 0 Å². The lowest BCUT2D eigenvalue weighted by atomic mass is 9.98. The third-order valence-electron chi connectivity index (χ3n) is 3.70. The minimum Gasteiger partial charge on any atom is -0.228 e. The smallest absolute Gasteiger partial charge is 0.155 e. The van der Waals surface area contributed by atoms with Crippen LogP contribution < -0.4 is 0 Å². The molecule has 1 aliphatic rings. The maximum Gasteiger partial charge on any atom is 0.155 e. The highest BCUT2D eigenvalue weighted by Crippen LogP contribution is 2.30. The first-order chi connectivity index (χ1) is 7.72. The quantitative estimate of drug-likeness (QED) is 0.582. The van der Waals surface area contributed by atoms with Crippen molar-refractivity contribution in [1.29, 1.82) is 0 Å². The first kappa shape index (κ1) is 15.3. The third-order valence-corrected chi connectivity index (χ3v) is 6.73. The normalized spacial score (nSPS) is 27.8. The largest absolute Gasteiger partial charge is 0.228 e. The molecule has 0 aromatic rings. The van der Waals surface area contributed by atoms with E-state index >= 15 is 0 Å². The minimum atomic E-state index is -2.97. The molecule has 0 aliphatic heterocycles. The summed E-state index contributed by atoms with van der Waals surface area (Å²) in [5, 5.41) is 0.250. The summed E-state index contributed by atoms with van der Waals surface area (Å²) in [7, 11) is -2.97. The van der Waals surface area contributed by atoms with Crippen LogP contribution in [0, 0.1) is 5.92 Å². The number of rotatable bonds is 3. The van der Waals surface area contributed by atoms with Gasteiger partial charge < -0.3 is 0 Å². The highest BCUT2D eigenvalue weighted by molar-refractivity contribution is 7.92. The first-order valence-corrected chi connectivity index (χ1v) is 8.67. The summed E-state index contributed by atoms with van der Waals surface area (Å²) in [6.07, 6.45) is 6.39. The van der Waals surface area contributed by atoms with Gasteiger partial charge in [-0.2, -0.15) is 0 Å². The van der Waals surface area contributed by atoms with Gasteiger partial charge in [-0.05, 0) is 46.0 Å². The van der Waals surface area contributed by atoms with Gasteiger partial charge in [-0.15, -0.1) is 11.6 Å². The van der Waals surface area contributed by atoms with E-state index in [1.807, 2.05) is 0 Å². The average molecular weight is 281 g/mol. The van der Waals surface area contributed by atoms with Crippen molar-refractivity contribution in [2.75, 3.05) is 5.75 Å². The van der Waals surface area contributed by atoms with Gasteiger partial charge in [-0.1, -0.05) is 19.3 Å². The van der Waals surface area contributed by atoms with Gasteiger partial charge in [0.2, 0.25) is 0 Å². The first-order valence-electron chi connectivity index (χ1n) is 6.59. The molecule has 0 N–H and O–H groups in total. The molecule has 2 unspecified atom stereocenters. The molecule has 0 amide bonds. The Morgan fingerprint density at radius 2 is 1.76 bits per heavy atom. The second-order valence-electron chi connectivity index (χ2n) is 6.20.